The third-order valence-electron chi connectivity index (χ3n) is 5.80. The van der Waals surface area contributed by atoms with Crippen LogP contribution in [0.3, 0.4) is 0 Å². The van der Waals surface area contributed by atoms with Crippen LogP contribution in [0.5, 0.6) is 6.01 Å². The van der Waals surface area contributed by atoms with E-state index >= 15 is 0 Å². The molecule has 1 aromatic heterocycles. The van der Waals surface area contributed by atoms with Gasteiger partial charge in [0.2, 0.25) is 0 Å². The molecule has 7 heteroatoms. The van der Waals surface area contributed by atoms with Gasteiger partial charge in [0.1, 0.15) is 5.82 Å². The van der Waals surface area contributed by atoms with Crippen LogP contribution < -0.4 is 9.64 Å². The molecule has 0 fully saturated rings. The topological polar surface area (TPSA) is 59.8 Å². The minimum absolute atomic E-state index is 0.354. The van der Waals surface area contributed by atoms with Crippen molar-refractivity contribution >= 4 is 23.6 Å². The van der Waals surface area contributed by atoms with E-state index in [1.54, 1.807) is 7.11 Å². The number of nitrogens with zero attached hydrogens (tertiary/aromatic N) is 4. The maximum atomic E-state index is 6.50. The first kappa shape index (κ1) is 17.0. The number of aromatic nitrogens is 2. The summed E-state index contributed by atoms with van der Waals surface area (Å²) in [7, 11) is 1.61. The maximum absolute atomic E-state index is 6.50. The molecule has 1 atom stereocenters. The third kappa shape index (κ3) is 2.70. The molecule has 1 aliphatic carbocycles. The van der Waals surface area contributed by atoms with Crippen LogP contribution in [0.2, 0.25) is 5.02 Å². The standard InChI is InChI=1S/C20H21ClN4O2/c1-26-19-23-17-11-20(6-5-13-15(20)3-2-4-16(13)21)27-12-14(17)18(24-19)25-9-7-22-8-10-25/h2-4,7H,5-6,8-12H2,1H3. The number of ether oxygens (including phenoxy) is 2. The van der Waals surface area contributed by atoms with Crippen molar-refractivity contribution in [2.24, 2.45) is 4.99 Å². The van der Waals surface area contributed by atoms with Gasteiger partial charge in [0, 0.05) is 29.8 Å². The highest BCUT2D eigenvalue weighted by molar-refractivity contribution is 6.31. The fourth-order valence-electron chi connectivity index (χ4n) is 4.42. The van der Waals surface area contributed by atoms with Gasteiger partial charge in [0.15, 0.2) is 0 Å². The van der Waals surface area contributed by atoms with E-state index in [4.69, 9.17) is 26.1 Å². The fourth-order valence-corrected chi connectivity index (χ4v) is 4.69. The number of rotatable bonds is 2. The number of methoxy groups -OCH3 is 1. The van der Waals surface area contributed by atoms with Crippen molar-refractivity contribution in [2.75, 3.05) is 31.6 Å². The number of aliphatic imine (C=N–C) groups is 1. The zero-order valence-corrected chi connectivity index (χ0v) is 16.0. The van der Waals surface area contributed by atoms with Gasteiger partial charge in [0.25, 0.3) is 0 Å². The van der Waals surface area contributed by atoms with E-state index in [0.717, 1.165) is 54.6 Å². The van der Waals surface area contributed by atoms with Crippen LogP contribution >= 0.6 is 11.6 Å². The molecule has 0 saturated heterocycles. The summed E-state index contributed by atoms with van der Waals surface area (Å²) in [6.07, 6.45) is 4.50. The second kappa shape index (κ2) is 6.46. The Kier molecular flexibility index (Phi) is 4.06. The lowest BCUT2D eigenvalue weighted by molar-refractivity contribution is -0.0729. The first-order chi connectivity index (χ1) is 13.2. The molecule has 2 aliphatic heterocycles. The SMILES string of the molecule is COc1nc2c(c(N3CC=NCC3)n1)COC1(CCc3c(Cl)cccc31)C2. The van der Waals surface area contributed by atoms with Crippen molar-refractivity contribution in [2.45, 2.75) is 31.5 Å². The van der Waals surface area contributed by atoms with Gasteiger partial charge in [-0.1, -0.05) is 23.7 Å². The summed E-state index contributed by atoms with van der Waals surface area (Å²) in [5.74, 6) is 0.905. The largest absolute Gasteiger partial charge is 0.467 e. The Morgan fingerprint density at radius 2 is 2.19 bits per heavy atom. The highest BCUT2D eigenvalue weighted by atomic mass is 35.5. The summed E-state index contributed by atoms with van der Waals surface area (Å²) in [5.41, 5.74) is 4.12. The highest BCUT2D eigenvalue weighted by Gasteiger charge is 2.45. The van der Waals surface area contributed by atoms with Crippen LogP contribution in [0, 0.1) is 0 Å². The molecule has 1 aromatic carbocycles. The molecule has 140 valence electrons. The summed E-state index contributed by atoms with van der Waals surface area (Å²) in [5, 5.41) is 0.826. The molecule has 1 spiro atoms. The normalized spacial score (nSPS) is 23.4. The van der Waals surface area contributed by atoms with Crippen molar-refractivity contribution in [3.63, 3.8) is 0 Å². The van der Waals surface area contributed by atoms with Crippen LogP contribution in [0.1, 0.15) is 28.8 Å². The Balaban J connectivity index is 1.57. The average Bonchev–Trinajstić information content (AvgIpc) is 3.07. The Hall–Kier alpha value is -2.18. The number of hydrogen-bond acceptors (Lipinski definition) is 6. The van der Waals surface area contributed by atoms with Gasteiger partial charge in [-0.05, 0) is 30.0 Å². The minimum atomic E-state index is -0.354. The second-order valence-electron chi connectivity index (χ2n) is 7.22. The lowest BCUT2D eigenvalue weighted by Gasteiger charge is -2.37. The Morgan fingerprint density at radius 1 is 1.26 bits per heavy atom. The zero-order chi connectivity index (χ0) is 18.4. The number of anilines is 1. The lowest BCUT2D eigenvalue weighted by Crippen LogP contribution is -2.38. The molecule has 0 N–H and O–H groups in total. The van der Waals surface area contributed by atoms with E-state index in [1.807, 2.05) is 18.3 Å². The van der Waals surface area contributed by atoms with Gasteiger partial charge in [-0.3, -0.25) is 4.99 Å². The molecular formula is C20H21ClN4O2. The molecule has 6 nitrogen and oxygen atoms in total. The van der Waals surface area contributed by atoms with Crippen LogP contribution in [0.15, 0.2) is 23.2 Å². The molecule has 5 rings (SSSR count). The molecule has 0 bridgehead atoms. The van der Waals surface area contributed by atoms with Crippen molar-refractivity contribution < 1.29 is 9.47 Å². The van der Waals surface area contributed by atoms with Gasteiger partial charge in [0.05, 0.1) is 38.1 Å². The molecular weight excluding hydrogens is 364 g/mol. The molecule has 27 heavy (non-hydrogen) atoms. The van der Waals surface area contributed by atoms with E-state index in [0.29, 0.717) is 19.0 Å². The van der Waals surface area contributed by atoms with Gasteiger partial charge in [-0.2, -0.15) is 9.97 Å². The number of benzene rings is 1. The fraction of sp³-hybridized carbons (Fsp3) is 0.450. The molecule has 0 radical (unpaired) electrons. The summed E-state index contributed by atoms with van der Waals surface area (Å²) < 4.78 is 11.9. The van der Waals surface area contributed by atoms with Gasteiger partial charge in [-0.25, -0.2) is 0 Å². The van der Waals surface area contributed by atoms with Crippen LogP contribution in [-0.2, 0) is 29.8 Å². The van der Waals surface area contributed by atoms with Gasteiger partial charge < -0.3 is 14.4 Å². The zero-order valence-electron chi connectivity index (χ0n) is 15.2. The van der Waals surface area contributed by atoms with E-state index < -0.39 is 0 Å². The average molecular weight is 385 g/mol. The summed E-state index contributed by atoms with van der Waals surface area (Å²) >= 11 is 6.43. The van der Waals surface area contributed by atoms with Crippen molar-refractivity contribution in [1.82, 2.24) is 9.97 Å². The molecule has 1 unspecified atom stereocenters. The lowest BCUT2D eigenvalue weighted by atomic mass is 9.87. The summed E-state index contributed by atoms with van der Waals surface area (Å²) in [4.78, 5) is 15.9. The third-order valence-corrected chi connectivity index (χ3v) is 6.15. The minimum Gasteiger partial charge on any atom is -0.467 e. The number of halogens is 1. The first-order valence-corrected chi connectivity index (χ1v) is 9.67. The van der Waals surface area contributed by atoms with Crippen LogP contribution in [-0.4, -0.2) is 42.9 Å². The predicted octanol–water partition coefficient (Wildman–Crippen LogP) is 2.94. The molecule has 3 heterocycles. The Morgan fingerprint density at radius 3 is 3.00 bits per heavy atom. The van der Waals surface area contributed by atoms with Gasteiger partial charge in [-0.15, -0.1) is 0 Å². The quantitative estimate of drug-likeness (QED) is 0.796. The van der Waals surface area contributed by atoms with Gasteiger partial charge >= 0.3 is 6.01 Å². The Labute approximate surface area is 163 Å². The molecule has 2 aromatic rings. The number of hydrogen-bond donors (Lipinski definition) is 0. The Bertz CT molecular complexity index is 932. The van der Waals surface area contributed by atoms with Crippen molar-refractivity contribution in [3.8, 4) is 6.01 Å². The van der Waals surface area contributed by atoms with E-state index in [9.17, 15) is 0 Å². The summed E-state index contributed by atoms with van der Waals surface area (Å²) in [6.45, 7) is 2.86. The monoisotopic (exact) mass is 384 g/mol. The molecule has 3 aliphatic rings. The van der Waals surface area contributed by atoms with E-state index in [2.05, 4.69) is 20.9 Å². The van der Waals surface area contributed by atoms with E-state index in [-0.39, 0.29) is 5.60 Å². The van der Waals surface area contributed by atoms with Crippen molar-refractivity contribution in [3.05, 3.63) is 45.6 Å². The van der Waals surface area contributed by atoms with Crippen LogP contribution in [0.4, 0.5) is 5.82 Å². The highest BCUT2D eigenvalue weighted by Crippen LogP contribution is 2.48. The molecule has 0 amide bonds. The first-order valence-electron chi connectivity index (χ1n) is 9.29. The van der Waals surface area contributed by atoms with E-state index in [1.165, 1.54) is 11.1 Å². The smallest absolute Gasteiger partial charge is 0.318 e. The predicted molar refractivity (Wildman–Crippen MR) is 104 cm³/mol. The van der Waals surface area contributed by atoms with Crippen LogP contribution in [0.25, 0.3) is 0 Å². The summed E-state index contributed by atoms with van der Waals surface area (Å²) in [6, 6.07) is 6.51. The maximum Gasteiger partial charge on any atom is 0.318 e. The second-order valence-corrected chi connectivity index (χ2v) is 7.63. The molecule has 0 saturated carbocycles. The number of fused-ring (bicyclic) bond motifs is 3. The van der Waals surface area contributed by atoms with Crippen molar-refractivity contribution in [1.29, 1.82) is 0 Å².